The third-order valence-corrected chi connectivity index (χ3v) is 3.63. The van der Waals surface area contributed by atoms with Crippen LogP contribution >= 0.6 is 0 Å². The highest BCUT2D eigenvalue weighted by Gasteiger charge is 2.20. The Morgan fingerprint density at radius 3 is 2.40 bits per heavy atom. The molecular formula is C17H10F4N2O2. The maximum absolute atomic E-state index is 13.7. The number of nitrogens with zero attached hydrogens (tertiary/aromatic N) is 1. The molecule has 8 heteroatoms. The smallest absolute Gasteiger partial charge is 0.257 e. The molecule has 0 radical (unpaired) electrons. The van der Waals surface area contributed by atoms with Crippen molar-refractivity contribution in [2.24, 2.45) is 0 Å². The number of nitrogens with one attached hydrogen (secondary N) is 1. The summed E-state index contributed by atoms with van der Waals surface area (Å²) < 4.78 is 54.5. The lowest BCUT2D eigenvalue weighted by atomic mass is 10.1. The first-order chi connectivity index (χ1) is 11.8. The molecule has 0 fully saturated rings. The minimum absolute atomic E-state index is 0.117. The molecule has 4 nitrogen and oxygen atoms in total. The van der Waals surface area contributed by atoms with Crippen molar-refractivity contribution in [1.82, 2.24) is 4.57 Å². The van der Waals surface area contributed by atoms with Gasteiger partial charge in [0.15, 0.2) is 17.5 Å². The van der Waals surface area contributed by atoms with Crippen molar-refractivity contribution in [3.05, 3.63) is 65.4 Å². The van der Waals surface area contributed by atoms with Crippen LogP contribution < -0.4 is 5.32 Å². The molecule has 3 rings (SSSR count). The number of anilines is 1. The fourth-order valence-electron chi connectivity index (χ4n) is 2.46. The second-order valence-electron chi connectivity index (χ2n) is 5.27. The first-order valence-corrected chi connectivity index (χ1v) is 7.06. The molecule has 0 aliphatic heterocycles. The van der Waals surface area contributed by atoms with Crippen LogP contribution in [0.4, 0.5) is 23.2 Å². The minimum atomic E-state index is -1.73. The Morgan fingerprint density at radius 1 is 1.00 bits per heavy atom. The summed E-state index contributed by atoms with van der Waals surface area (Å²) >= 11 is 0. The van der Waals surface area contributed by atoms with E-state index in [4.69, 9.17) is 0 Å². The molecule has 0 saturated carbocycles. The standard InChI is InChI=1S/C17H10F4N2O2/c1-8(24)23-7-11(10-6-9(18)2-5-14(10)23)17(25)22-13-4-3-12(19)15(20)16(13)21/h2-7H,1H3,(H,22,25). The molecule has 128 valence electrons. The van der Waals surface area contributed by atoms with Crippen molar-refractivity contribution in [1.29, 1.82) is 0 Å². The van der Waals surface area contributed by atoms with Crippen LogP contribution in [0, 0.1) is 23.3 Å². The molecule has 25 heavy (non-hydrogen) atoms. The maximum Gasteiger partial charge on any atom is 0.257 e. The van der Waals surface area contributed by atoms with E-state index in [9.17, 15) is 27.2 Å². The van der Waals surface area contributed by atoms with Gasteiger partial charge in [-0.15, -0.1) is 0 Å². The minimum Gasteiger partial charge on any atom is -0.319 e. The molecule has 1 N–H and O–H groups in total. The highest BCUT2D eigenvalue weighted by molar-refractivity contribution is 6.14. The van der Waals surface area contributed by atoms with Gasteiger partial charge in [-0.2, -0.15) is 0 Å². The number of halogens is 4. The van der Waals surface area contributed by atoms with E-state index in [0.29, 0.717) is 6.07 Å². The van der Waals surface area contributed by atoms with Crippen LogP contribution in [0.5, 0.6) is 0 Å². The predicted molar refractivity (Wildman–Crippen MR) is 82.5 cm³/mol. The van der Waals surface area contributed by atoms with Gasteiger partial charge in [-0.3, -0.25) is 14.2 Å². The number of benzene rings is 2. The Hall–Kier alpha value is -3.16. The van der Waals surface area contributed by atoms with Gasteiger partial charge in [-0.1, -0.05) is 0 Å². The maximum atomic E-state index is 13.7. The van der Waals surface area contributed by atoms with E-state index in [1.54, 1.807) is 0 Å². The van der Waals surface area contributed by atoms with Crippen molar-refractivity contribution in [3.8, 4) is 0 Å². The number of hydrogen-bond acceptors (Lipinski definition) is 2. The Labute approximate surface area is 138 Å². The summed E-state index contributed by atoms with van der Waals surface area (Å²) in [5.74, 6) is -6.65. The van der Waals surface area contributed by atoms with E-state index >= 15 is 0 Å². The van der Waals surface area contributed by atoms with Gasteiger partial charge >= 0.3 is 0 Å². The molecule has 2 aromatic carbocycles. The van der Waals surface area contributed by atoms with Gasteiger partial charge in [0.05, 0.1) is 16.8 Å². The Bertz CT molecular complexity index is 1030. The molecule has 0 aliphatic carbocycles. The average molecular weight is 350 g/mol. The fraction of sp³-hybridized carbons (Fsp3) is 0.0588. The van der Waals surface area contributed by atoms with Crippen molar-refractivity contribution < 1.29 is 27.2 Å². The van der Waals surface area contributed by atoms with Crippen LogP contribution in [-0.4, -0.2) is 16.4 Å². The van der Waals surface area contributed by atoms with Gasteiger partial charge in [0.25, 0.3) is 5.91 Å². The molecule has 0 unspecified atom stereocenters. The zero-order chi connectivity index (χ0) is 18.3. The van der Waals surface area contributed by atoms with E-state index < -0.39 is 40.8 Å². The van der Waals surface area contributed by atoms with Crippen LogP contribution in [0.2, 0.25) is 0 Å². The summed E-state index contributed by atoms with van der Waals surface area (Å²) in [5.41, 5.74) is -0.414. The van der Waals surface area contributed by atoms with Crippen LogP contribution in [0.25, 0.3) is 10.9 Å². The molecule has 1 aromatic heterocycles. The van der Waals surface area contributed by atoms with Gasteiger partial charge in [-0.05, 0) is 30.3 Å². The van der Waals surface area contributed by atoms with Crippen molar-refractivity contribution in [3.63, 3.8) is 0 Å². The number of hydrogen-bond donors (Lipinski definition) is 1. The number of carbonyl (C=O) groups is 2. The predicted octanol–water partition coefficient (Wildman–Crippen LogP) is 4.11. The average Bonchev–Trinajstić information content (AvgIpc) is 2.94. The fourth-order valence-corrected chi connectivity index (χ4v) is 2.46. The summed E-state index contributed by atoms with van der Waals surface area (Å²) in [6, 6.07) is 5.01. The lowest BCUT2D eigenvalue weighted by Crippen LogP contribution is -2.14. The third kappa shape index (κ3) is 2.86. The second kappa shape index (κ2) is 6.04. The normalized spacial score (nSPS) is 10.9. The monoisotopic (exact) mass is 350 g/mol. The van der Waals surface area contributed by atoms with E-state index in [1.807, 2.05) is 0 Å². The SMILES string of the molecule is CC(=O)n1cc(C(=O)Nc2ccc(F)c(F)c2F)c2cc(F)ccc21. The second-order valence-corrected chi connectivity index (χ2v) is 5.27. The lowest BCUT2D eigenvalue weighted by molar-refractivity contribution is 0.0941. The summed E-state index contributed by atoms with van der Waals surface area (Å²) in [6.07, 6.45) is 1.17. The van der Waals surface area contributed by atoms with E-state index in [-0.39, 0.29) is 16.5 Å². The number of aromatic nitrogens is 1. The summed E-state index contributed by atoms with van der Waals surface area (Å²) in [7, 11) is 0. The van der Waals surface area contributed by atoms with Crippen LogP contribution in [0.1, 0.15) is 22.1 Å². The molecule has 3 aromatic rings. The van der Waals surface area contributed by atoms with E-state index in [1.165, 1.54) is 19.2 Å². The number of fused-ring (bicyclic) bond motifs is 1. The zero-order valence-electron chi connectivity index (χ0n) is 12.7. The molecule has 1 heterocycles. The van der Waals surface area contributed by atoms with E-state index in [0.717, 1.165) is 22.8 Å². The highest BCUT2D eigenvalue weighted by atomic mass is 19.2. The first kappa shape index (κ1) is 16.7. The van der Waals surface area contributed by atoms with Crippen LogP contribution in [0.15, 0.2) is 36.5 Å². The number of carbonyl (C=O) groups excluding carboxylic acids is 2. The molecular weight excluding hydrogens is 340 g/mol. The molecule has 0 spiro atoms. The molecule has 0 bridgehead atoms. The zero-order valence-corrected chi connectivity index (χ0v) is 12.7. The first-order valence-electron chi connectivity index (χ1n) is 7.06. The Kier molecular flexibility index (Phi) is 4.03. The van der Waals surface area contributed by atoms with E-state index in [2.05, 4.69) is 5.32 Å². The summed E-state index contributed by atoms with van der Waals surface area (Å²) in [6.45, 7) is 1.25. The Morgan fingerprint density at radius 2 is 1.72 bits per heavy atom. The third-order valence-electron chi connectivity index (χ3n) is 3.63. The van der Waals surface area contributed by atoms with Crippen LogP contribution in [-0.2, 0) is 0 Å². The van der Waals surface area contributed by atoms with Crippen molar-refractivity contribution in [2.75, 3.05) is 5.32 Å². The van der Waals surface area contributed by atoms with Crippen molar-refractivity contribution in [2.45, 2.75) is 6.92 Å². The van der Waals surface area contributed by atoms with Gasteiger partial charge in [-0.25, -0.2) is 17.6 Å². The summed E-state index contributed by atoms with van der Waals surface area (Å²) in [5, 5.41) is 2.21. The topological polar surface area (TPSA) is 51.1 Å². The number of amides is 1. The van der Waals surface area contributed by atoms with Crippen LogP contribution in [0.3, 0.4) is 0 Å². The molecule has 0 saturated heterocycles. The highest BCUT2D eigenvalue weighted by Crippen LogP contribution is 2.25. The van der Waals surface area contributed by atoms with Crippen molar-refractivity contribution >= 4 is 28.4 Å². The summed E-state index contributed by atoms with van der Waals surface area (Å²) in [4.78, 5) is 24.0. The molecule has 0 atom stereocenters. The number of rotatable bonds is 2. The molecule has 1 amide bonds. The largest absolute Gasteiger partial charge is 0.319 e. The lowest BCUT2D eigenvalue weighted by Gasteiger charge is -2.06. The Balaban J connectivity index is 2.07. The quantitative estimate of drug-likeness (QED) is 0.559. The van der Waals surface area contributed by atoms with Gasteiger partial charge in [0, 0.05) is 18.5 Å². The molecule has 0 aliphatic rings. The van der Waals surface area contributed by atoms with Gasteiger partial charge < -0.3 is 5.32 Å². The van der Waals surface area contributed by atoms with Gasteiger partial charge in [0.2, 0.25) is 5.91 Å². The van der Waals surface area contributed by atoms with Gasteiger partial charge in [0.1, 0.15) is 5.82 Å².